The van der Waals surface area contributed by atoms with Gasteiger partial charge in [-0.25, -0.2) is 0 Å². The van der Waals surface area contributed by atoms with E-state index in [0.717, 1.165) is 5.75 Å². The quantitative estimate of drug-likeness (QED) is 0.890. The van der Waals surface area contributed by atoms with E-state index in [0.29, 0.717) is 19.7 Å². The highest BCUT2D eigenvalue weighted by Gasteiger charge is 2.37. The van der Waals surface area contributed by atoms with Crippen molar-refractivity contribution in [3.63, 3.8) is 0 Å². The normalized spacial score (nSPS) is 19.6. The first-order valence-electron chi connectivity index (χ1n) is 8.18. The average Bonchev–Trinajstić information content (AvgIpc) is 3.08. The van der Waals surface area contributed by atoms with Gasteiger partial charge < -0.3 is 24.0 Å². The number of rotatable bonds is 5. The van der Waals surface area contributed by atoms with E-state index in [-0.39, 0.29) is 30.1 Å². The molecular formula is C18H22N2O5. The number of ether oxygens (including phenoxy) is 2. The summed E-state index contributed by atoms with van der Waals surface area (Å²) in [6, 6.07) is 10.9. The standard InChI is InChI=1S/C18H22N2O5/c1-18(2)12-20(17(22)16-8-14(10-21)25-19-16)9-15(24-18)11-23-13-6-4-3-5-7-13/h3-8,15,21H,9-12H2,1-2H3. The van der Waals surface area contributed by atoms with Crippen LogP contribution in [0.2, 0.25) is 0 Å². The lowest BCUT2D eigenvalue weighted by atomic mass is 10.0. The van der Waals surface area contributed by atoms with Gasteiger partial charge in [-0.15, -0.1) is 0 Å². The van der Waals surface area contributed by atoms with Gasteiger partial charge in [-0.2, -0.15) is 0 Å². The van der Waals surface area contributed by atoms with Crippen molar-refractivity contribution >= 4 is 5.91 Å². The smallest absolute Gasteiger partial charge is 0.276 e. The van der Waals surface area contributed by atoms with Crippen LogP contribution in [0.1, 0.15) is 30.1 Å². The Balaban J connectivity index is 1.66. The summed E-state index contributed by atoms with van der Waals surface area (Å²) in [5.41, 5.74) is -0.313. The first kappa shape index (κ1) is 17.4. The Morgan fingerprint density at radius 1 is 1.40 bits per heavy atom. The molecule has 2 heterocycles. The number of carbonyl (C=O) groups excluding carboxylic acids is 1. The number of hydrogen-bond donors (Lipinski definition) is 1. The topological polar surface area (TPSA) is 85.0 Å². The van der Waals surface area contributed by atoms with Gasteiger partial charge in [-0.1, -0.05) is 23.4 Å². The van der Waals surface area contributed by atoms with Gasteiger partial charge in [0.2, 0.25) is 0 Å². The van der Waals surface area contributed by atoms with E-state index in [1.165, 1.54) is 6.07 Å². The minimum Gasteiger partial charge on any atom is -0.491 e. The molecule has 2 aromatic rings. The van der Waals surface area contributed by atoms with Crippen LogP contribution in [-0.4, -0.2) is 52.5 Å². The van der Waals surface area contributed by atoms with Crippen LogP contribution < -0.4 is 4.74 Å². The number of carbonyl (C=O) groups is 1. The summed E-state index contributed by atoms with van der Waals surface area (Å²) in [5.74, 6) is 0.779. The molecule has 1 atom stereocenters. The Kier molecular flexibility index (Phi) is 5.06. The van der Waals surface area contributed by atoms with Gasteiger partial charge in [0.25, 0.3) is 5.91 Å². The number of benzene rings is 1. The minimum atomic E-state index is -0.498. The molecule has 1 aromatic heterocycles. The van der Waals surface area contributed by atoms with Crippen LogP contribution in [0.4, 0.5) is 0 Å². The Morgan fingerprint density at radius 2 is 2.16 bits per heavy atom. The Bertz CT molecular complexity index is 713. The molecule has 0 radical (unpaired) electrons. The first-order valence-corrected chi connectivity index (χ1v) is 8.18. The van der Waals surface area contributed by atoms with Gasteiger partial charge in [0.15, 0.2) is 11.5 Å². The molecule has 0 bridgehead atoms. The molecule has 1 aliphatic heterocycles. The number of morpholine rings is 1. The van der Waals surface area contributed by atoms with Crippen molar-refractivity contribution in [3.05, 3.63) is 47.9 Å². The fraction of sp³-hybridized carbons (Fsp3) is 0.444. The number of amides is 1. The van der Waals surface area contributed by atoms with Gasteiger partial charge in [-0.3, -0.25) is 4.79 Å². The zero-order valence-corrected chi connectivity index (χ0v) is 14.3. The Morgan fingerprint density at radius 3 is 2.84 bits per heavy atom. The van der Waals surface area contributed by atoms with E-state index in [1.807, 2.05) is 44.2 Å². The van der Waals surface area contributed by atoms with Crippen LogP contribution in [0.15, 0.2) is 40.9 Å². The summed E-state index contributed by atoms with van der Waals surface area (Å²) in [4.78, 5) is 14.3. The molecule has 1 N–H and O–H groups in total. The van der Waals surface area contributed by atoms with Crippen LogP contribution in [0.3, 0.4) is 0 Å². The summed E-state index contributed by atoms with van der Waals surface area (Å²) < 4.78 is 16.7. The molecule has 3 rings (SSSR count). The molecule has 25 heavy (non-hydrogen) atoms. The maximum Gasteiger partial charge on any atom is 0.276 e. The summed E-state index contributed by atoms with van der Waals surface area (Å²) in [5, 5.41) is 12.8. The number of para-hydroxylation sites is 1. The van der Waals surface area contributed by atoms with E-state index in [9.17, 15) is 4.79 Å². The second-order valence-electron chi connectivity index (χ2n) is 6.65. The Hall–Kier alpha value is -2.38. The van der Waals surface area contributed by atoms with E-state index in [1.54, 1.807) is 4.90 Å². The average molecular weight is 346 g/mol. The maximum absolute atomic E-state index is 12.7. The highest BCUT2D eigenvalue weighted by molar-refractivity contribution is 5.92. The van der Waals surface area contributed by atoms with Crippen molar-refractivity contribution < 1.29 is 23.9 Å². The lowest BCUT2D eigenvalue weighted by Crippen LogP contribution is -2.56. The third-order valence-corrected chi connectivity index (χ3v) is 3.88. The monoisotopic (exact) mass is 346 g/mol. The molecule has 1 aromatic carbocycles. The number of aliphatic hydroxyl groups is 1. The lowest BCUT2D eigenvalue weighted by Gasteiger charge is -2.42. The van der Waals surface area contributed by atoms with E-state index in [2.05, 4.69) is 5.16 Å². The summed E-state index contributed by atoms with van der Waals surface area (Å²) in [7, 11) is 0. The van der Waals surface area contributed by atoms with Gasteiger partial charge >= 0.3 is 0 Å². The third kappa shape index (κ3) is 4.37. The fourth-order valence-corrected chi connectivity index (χ4v) is 2.89. The number of aromatic nitrogens is 1. The summed E-state index contributed by atoms with van der Waals surface area (Å²) in [6.07, 6.45) is -0.253. The molecule has 1 saturated heterocycles. The molecule has 7 heteroatoms. The van der Waals surface area contributed by atoms with Crippen molar-refractivity contribution in [2.75, 3.05) is 19.7 Å². The SMILES string of the molecule is CC1(C)CN(C(=O)c2cc(CO)on2)CC(COc2ccccc2)O1. The number of hydrogen-bond acceptors (Lipinski definition) is 6. The molecule has 1 aliphatic rings. The molecule has 1 unspecified atom stereocenters. The van der Waals surface area contributed by atoms with Crippen molar-refractivity contribution in [2.24, 2.45) is 0 Å². The van der Waals surface area contributed by atoms with Crippen molar-refractivity contribution in [3.8, 4) is 5.75 Å². The molecule has 0 saturated carbocycles. The number of nitrogens with zero attached hydrogens (tertiary/aromatic N) is 2. The summed E-state index contributed by atoms with van der Waals surface area (Å²) >= 11 is 0. The summed E-state index contributed by atoms with van der Waals surface area (Å²) in [6.45, 7) is 4.76. The molecule has 0 spiro atoms. The zero-order valence-electron chi connectivity index (χ0n) is 14.3. The predicted octanol–water partition coefficient (Wildman–Crippen LogP) is 1.87. The van der Waals surface area contributed by atoms with Gasteiger partial charge in [0, 0.05) is 12.6 Å². The van der Waals surface area contributed by atoms with Gasteiger partial charge in [0.05, 0.1) is 12.1 Å². The van der Waals surface area contributed by atoms with Crippen LogP contribution in [0.25, 0.3) is 0 Å². The van der Waals surface area contributed by atoms with Crippen molar-refractivity contribution in [2.45, 2.75) is 32.2 Å². The van der Waals surface area contributed by atoms with Crippen molar-refractivity contribution in [1.82, 2.24) is 10.1 Å². The number of aliphatic hydroxyl groups excluding tert-OH is 1. The lowest BCUT2D eigenvalue weighted by molar-refractivity contribution is -0.136. The highest BCUT2D eigenvalue weighted by atomic mass is 16.6. The highest BCUT2D eigenvalue weighted by Crippen LogP contribution is 2.23. The molecule has 134 valence electrons. The molecule has 1 fully saturated rings. The van der Waals surface area contributed by atoms with E-state index >= 15 is 0 Å². The second kappa shape index (κ2) is 7.25. The van der Waals surface area contributed by atoms with E-state index < -0.39 is 5.60 Å². The minimum absolute atomic E-state index is 0.185. The van der Waals surface area contributed by atoms with Crippen LogP contribution >= 0.6 is 0 Å². The van der Waals surface area contributed by atoms with Gasteiger partial charge in [-0.05, 0) is 26.0 Å². The maximum atomic E-state index is 12.7. The molecular weight excluding hydrogens is 324 g/mol. The molecule has 7 nitrogen and oxygen atoms in total. The second-order valence-corrected chi connectivity index (χ2v) is 6.65. The molecule has 1 amide bonds. The molecule has 0 aliphatic carbocycles. The fourth-order valence-electron chi connectivity index (χ4n) is 2.89. The van der Waals surface area contributed by atoms with E-state index in [4.69, 9.17) is 19.1 Å². The Labute approximate surface area is 146 Å². The van der Waals surface area contributed by atoms with Crippen molar-refractivity contribution in [1.29, 1.82) is 0 Å². The predicted molar refractivity (Wildman–Crippen MR) is 89.2 cm³/mol. The van der Waals surface area contributed by atoms with Crippen LogP contribution in [0.5, 0.6) is 5.75 Å². The van der Waals surface area contributed by atoms with Crippen LogP contribution in [-0.2, 0) is 11.3 Å². The largest absolute Gasteiger partial charge is 0.491 e. The zero-order chi connectivity index (χ0) is 17.9. The van der Waals surface area contributed by atoms with Gasteiger partial charge in [0.1, 0.15) is 25.1 Å². The third-order valence-electron chi connectivity index (χ3n) is 3.88. The first-order chi connectivity index (χ1) is 12.0. The van der Waals surface area contributed by atoms with Crippen LogP contribution in [0, 0.1) is 0 Å².